The Bertz CT molecular complexity index is 1080. The fraction of sp³-hybridized carbons (Fsp3) is 0.458. The Labute approximate surface area is 194 Å². The van der Waals surface area contributed by atoms with E-state index in [1.807, 2.05) is 24.3 Å². The first-order valence-corrected chi connectivity index (χ1v) is 12.8. The number of methoxy groups -OCH3 is 1. The number of hydrogen-bond donors (Lipinski definition) is 1. The number of piperidine rings is 2. The maximum absolute atomic E-state index is 14.4. The minimum atomic E-state index is -3.96. The summed E-state index contributed by atoms with van der Waals surface area (Å²) in [6.07, 6.45) is 4.01. The fourth-order valence-electron chi connectivity index (χ4n) is 4.43. The van der Waals surface area contributed by atoms with Crippen LogP contribution in [0.1, 0.15) is 42.5 Å². The second-order valence-corrected chi connectivity index (χ2v) is 10.4. The molecule has 7 nitrogen and oxygen atoms in total. The van der Waals surface area contributed by atoms with Crippen LogP contribution in [0.3, 0.4) is 0 Å². The Hall–Kier alpha value is -2.65. The SMILES string of the molecule is COc1ccc(N2CCC(NC(=O)c3ccc(F)c(S(=O)(=O)N4CCCCC4)c3)CC2)cc1. The smallest absolute Gasteiger partial charge is 0.251 e. The van der Waals surface area contributed by atoms with E-state index >= 15 is 0 Å². The summed E-state index contributed by atoms with van der Waals surface area (Å²) in [4.78, 5) is 14.7. The Kier molecular flexibility index (Phi) is 7.19. The molecule has 0 bridgehead atoms. The number of carbonyl (C=O) groups excluding carboxylic acids is 1. The zero-order valence-electron chi connectivity index (χ0n) is 18.8. The molecule has 2 aromatic carbocycles. The first-order chi connectivity index (χ1) is 15.9. The number of anilines is 1. The molecule has 0 saturated carbocycles. The van der Waals surface area contributed by atoms with Gasteiger partial charge < -0.3 is 15.0 Å². The number of benzene rings is 2. The van der Waals surface area contributed by atoms with E-state index in [2.05, 4.69) is 10.2 Å². The lowest BCUT2D eigenvalue weighted by atomic mass is 10.0. The van der Waals surface area contributed by atoms with Crippen LogP contribution in [0.4, 0.5) is 10.1 Å². The van der Waals surface area contributed by atoms with Gasteiger partial charge in [-0.1, -0.05) is 6.42 Å². The molecule has 2 aromatic rings. The number of nitrogens with one attached hydrogen (secondary N) is 1. The van der Waals surface area contributed by atoms with Crippen LogP contribution < -0.4 is 15.0 Å². The first kappa shape index (κ1) is 23.5. The summed E-state index contributed by atoms with van der Waals surface area (Å²) in [5, 5.41) is 2.99. The van der Waals surface area contributed by atoms with Crippen molar-refractivity contribution >= 4 is 21.6 Å². The summed E-state index contributed by atoms with van der Waals surface area (Å²) in [7, 11) is -2.33. The highest BCUT2D eigenvalue weighted by atomic mass is 32.2. The lowest BCUT2D eigenvalue weighted by molar-refractivity contribution is 0.0931. The normalized spacial score (nSPS) is 18.2. The number of carbonyl (C=O) groups is 1. The number of halogens is 1. The summed E-state index contributed by atoms with van der Waals surface area (Å²) in [6.45, 7) is 2.33. The van der Waals surface area contributed by atoms with Gasteiger partial charge in [-0.3, -0.25) is 4.79 Å². The molecule has 0 atom stereocenters. The Morgan fingerprint density at radius 1 is 1.00 bits per heavy atom. The van der Waals surface area contributed by atoms with Gasteiger partial charge in [0.1, 0.15) is 16.5 Å². The third-order valence-electron chi connectivity index (χ3n) is 6.39. The second kappa shape index (κ2) is 10.1. The number of amides is 1. The van der Waals surface area contributed by atoms with Crippen LogP contribution >= 0.6 is 0 Å². The Morgan fingerprint density at radius 2 is 1.67 bits per heavy atom. The van der Waals surface area contributed by atoms with Gasteiger partial charge in [0.2, 0.25) is 10.0 Å². The first-order valence-electron chi connectivity index (χ1n) is 11.4. The van der Waals surface area contributed by atoms with E-state index in [9.17, 15) is 17.6 Å². The summed E-state index contributed by atoms with van der Waals surface area (Å²) in [5.74, 6) is -0.403. The van der Waals surface area contributed by atoms with Crippen molar-refractivity contribution in [1.29, 1.82) is 0 Å². The Morgan fingerprint density at radius 3 is 2.30 bits per heavy atom. The molecule has 2 aliphatic rings. The number of sulfonamides is 1. The topological polar surface area (TPSA) is 79.0 Å². The van der Waals surface area contributed by atoms with Crippen LogP contribution in [0.2, 0.25) is 0 Å². The van der Waals surface area contributed by atoms with Gasteiger partial charge in [0.05, 0.1) is 7.11 Å². The van der Waals surface area contributed by atoms with Gasteiger partial charge in [-0.05, 0) is 68.1 Å². The van der Waals surface area contributed by atoms with E-state index in [0.29, 0.717) is 13.1 Å². The van der Waals surface area contributed by atoms with E-state index in [1.54, 1.807) is 7.11 Å². The third-order valence-corrected chi connectivity index (χ3v) is 8.31. The molecule has 4 rings (SSSR count). The molecule has 0 unspecified atom stereocenters. The van der Waals surface area contributed by atoms with Gasteiger partial charge in [-0.2, -0.15) is 4.31 Å². The molecule has 33 heavy (non-hydrogen) atoms. The molecule has 178 valence electrons. The summed E-state index contributed by atoms with van der Waals surface area (Å²) in [5.41, 5.74) is 1.26. The van der Waals surface area contributed by atoms with Crippen molar-refractivity contribution in [2.45, 2.75) is 43.0 Å². The molecule has 1 amide bonds. The van der Waals surface area contributed by atoms with Gasteiger partial charge in [0.25, 0.3) is 5.91 Å². The van der Waals surface area contributed by atoms with Gasteiger partial charge in [0, 0.05) is 43.5 Å². The van der Waals surface area contributed by atoms with Gasteiger partial charge >= 0.3 is 0 Å². The maximum atomic E-state index is 14.4. The van der Waals surface area contributed by atoms with E-state index in [-0.39, 0.29) is 17.5 Å². The molecule has 2 fully saturated rings. The number of rotatable bonds is 6. The summed E-state index contributed by atoms with van der Waals surface area (Å²) in [6, 6.07) is 11.4. The molecule has 0 radical (unpaired) electrons. The van der Waals surface area contributed by atoms with Crippen molar-refractivity contribution in [3.63, 3.8) is 0 Å². The second-order valence-electron chi connectivity index (χ2n) is 8.54. The van der Waals surface area contributed by atoms with Crippen LogP contribution in [-0.4, -0.2) is 58.0 Å². The van der Waals surface area contributed by atoms with Crippen LogP contribution in [0.5, 0.6) is 5.75 Å². The number of hydrogen-bond acceptors (Lipinski definition) is 5. The number of ether oxygens (including phenoxy) is 1. The van der Waals surface area contributed by atoms with E-state index < -0.39 is 20.7 Å². The Balaban J connectivity index is 1.39. The predicted molar refractivity (Wildman–Crippen MR) is 125 cm³/mol. The molecule has 2 aliphatic heterocycles. The highest BCUT2D eigenvalue weighted by molar-refractivity contribution is 7.89. The van der Waals surface area contributed by atoms with Crippen LogP contribution in [0.25, 0.3) is 0 Å². The quantitative estimate of drug-likeness (QED) is 0.693. The zero-order chi connectivity index (χ0) is 23.4. The van der Waals surface area contributed by atoms with E-state index in [0.717, 1.165) is 62.7 Å². The summed E-state index contributed by atoms with van der Waals surface area (Å²) >= 11 is 0. The molecule has 0 aliphatic carbocycles. The molecule has 2 heterocycles. The zero-order valence-corrected chi connectivity index (χ0v) is 19.6. The summed E-state index contributed by atoms with van der Waals surface area (Å²) < 4.78 is 46.8. The molecular weight excluding hydrogens is 445 g/mol. The average Bonchev–Trinajstić information content (AvgIpc) is 2.85. The van der Waals surface area contributed by atoms with Crippen molar-refractivity contribution in [2.24, 2.45) is 0 Å². The predicted octanol–water partition coefficient (Wildman–Crippen LogP) is 3.41. The van der Waals surface area contributed by atoms with Gasteiger partial charge in [-0.15, -0.1) is 0 Å². The molecular formula is C24H30FN3O4S. The average molecular weight is 476 g/mol. The lowest BCUT2D eigenvalue weighted by Crippen LogP contribution is -2.44. The van der Waals surface area contributed by atoms with Crippen LogP contribution in [-0.2, 0) is 10.0 Å². The minimum absolute atomic E-state index is 0.0285. The minimum Gasteiger partial charge on any atom is -0.497 e. The van der Waals surface area contributed by atoms with Crippen LogP contribution in [0.15, 0.2) is 47.4 Å². The lowest BCUT2D eigenvalue weighted by Gasteiger charge is -2.34. The monoisotopic (exact) mass is 475 g/mol. The van der Waals surface area contributed by atoms with Crippen molar-refractivity contribution in [1.82, 2.24) is 9.62 Å². The van der Waals surface area contributed by atoms with Crippen molar-refractivity contribution < 1.29 is 22.3 Å². The van der Waals surface area contributed by atoms with Gasteiger partial charge in [0.15, 0.2) is 0 Å². The van der Waals surface area contributed by atoms with Crippen molar-refractivity contribution in [3.8, 4) is 5.75 Å². The molecule has 9 heteroatoms. The van der Waals surface area contributed by atoms with Gasteiger partial charge in [-0.25, -0.2) is 12.8 Å². The standard InChI is InChI=1S/C24H30FN3O4S/c1-32-21-8-6-20(7-9-21)27-15-11-19(12-16-27)26-24(29)18-5-10-22(25)23(17-18)33(30,31)28-13-3-2-4-14-28/h5-10,17,19H,2-4,11-16H2,1H3,(H,26,29). The molecule has 0 spiro atoms. The largest absolute Gasteiger partial charge is 0.497 e. The van der Waals surface area contributed by atoms with Crippen molar-refractivity contribution in [3.05, 3.63) is 53.8 Å². The molecule has 0 aromatic heterocycles. The molecule has 1 N–H and O–H groups in total. The van der Waals surface area contributed by atoms with E-state index in [1.165, 1.54) is 16.4 Å². The highest BCUT2D eigenvalue weighted by Crippen LogP contribution is 2.25. The third kappa shape index (κ3) is 5.30. The number of nitrogens with zero attached hydrogens (tertiary/aromatic N) is 2. The van der Waals surface area contributed by atoms with Crippen LogP contribution in [0, 0.1) is 5.82 Å². The molecule has 2 saturated heterocycles. The fourth-order valence-corrected chi connectivity index (χ4v) is 6.04. The highest BCUT2D eigenvalue weighted by Gasteiger charge is 2.30. The van der Waals surface area contributed by atoms with E-state index in [4.69, 9.17) is 4.74 Å². The van der Waals surface area contributed by atoms with Crippen molar-refractivity contribution in [2.75, 3.05) is 38.2 Å². The maximum Gasteiger partial charge on any atom is 0.251 e.